The Balaban J connectivity index is 2.56. The zero-order chi connectivity index (χ0) is 11.5. The van der Waals surface area contributed by atoms with Gasteiger partial charge in [0.05, 0.1) is 19.9 Å². The first kappa shape index (κ1) is 10.7. The van der Waals surface area contributed by atoms with E-state index < -0.39 is 0 Å². The van der Waals surface area contributed by atoms with Crippen LogP contribution in [0.15, 0.2) is 30.6 Å². The Bertz CT molecular complexity index is 492. The van der Waals surface area contributed by atoms with Crippen molar-refractivity contribution in [1.82, 2.24) is 9.78 Å². The number of methoxy groups -OCH3 is 1. The molecule has 1 aromatic carbocycles. The second-order valence-electron chi connectivity index (χ2n) is 3.56. The zero-order valence-electron chi connectivity index (χ0n) is 9.34. The molecule has 2 rings (SSSR count). The summed E-state index contributed by atoms with van der Waals surface area (Å²) >= 11 is 0. The van der Waals surface area contributed by atoms with Crippen molar-refractivity contribution in [3.8, 4) is 16.9 Å². The number of aromatic nitrogens is 2. The molecule has 0 atom stereocenters. The van der Waals surface area contributed by atoms with Crippen LogP contribution in [0.3, 0.4) is 0 Å². The number of aliphatic hydroxyl groups excluding tert-OH is 1. The van der Waals surface area contributed by atoms with Crippen molar-refractivity contribution < 1.29 is 9.84 Å². The third-order valence-electron chi connectivity index (χ3n) is 2.49. The molecule has 0 fully saturated rings. The van der Waals surface area contributed by atoms with Gasteiger partial charge in [-0.15, -0.1) is 0 Å². The van der Waals surface area contributed by atoms with Gasteiger partial charge in [0.2, 0.25) is 0 Å². The number of aryl methyl sites for hydroxylation is 1. The molecule has 1 aromatic heterocycles. The molecule has 4 nitrogen and oxygen atoms in total. The van der Waals surface area contributed by atoms with Gasteiger partial charge in [0.25, 0.3) is 0 Å². The minimum Gasteiger partial charge on any atom is -0.496 e. The molecule has 0 saturated heterocycles. The molecule has 1 N–H and O–H groups in total. The Labute approximate surface area is 94.1 Å². The second kappa shape index (κ2) is 4.37. The maximum absolute atomic E-state index is 9.23. The van der Waals surface area contributed by atoms with Crippen LogP contribution >= 0.6 is 0 Å². The highest BCUT2D eigenvalue weighted by Crippen LogP contribution is 2.32. The third kappa shape index (κ3) is 1.79. The van der Waals surface area contributed by atoms with Crippen LogP contribution in [-0.2, 0) is 13.7 Å². The van der Waals surface area contributed by atoms with Crippen LogP contribution in [0.5, 0.6) is 5.75 Å². The van der Waals surface area contributed by atoms with Crippen molar-refractivity contribution in [2.75, 3.05) is 7.11 Å². The van der Waals surface area contributed by atoms with E-state index >= 15 is 0 Å². The predicted molar refractivity (Wildman–Crippen MR) is 61.1 cm³/mol. The first-order chi connectivity index (χ1) is 7.76. The number of hydrogen-bond donors (Lipinski definition) is 1. The molecule has 0 spiro atoms. The number of aliphatic hydroxyl groups is 1. The van der Waals surface area contributed by atoms with Crippen molar-refractivity contribution in [2.24, 2.45) is 7.05 Å². The van der Waals surface area contributed by atoms with Gasteiger partial charge in [0.1, 0.15) is 5.75 Å². The summed E-state index contributed by atoms with van der Waals surface area (Å²) in [6.45, 7) is -0.0305. The zero-order valence-corrected chi connectivity index (χ0v) is 9.34. The lowest BCUT2D eigenvalue weighted by atomic mass is 10.0. The Morgan fingerprint density at radius 3 is 2.81 bits per heavy atom. The Kier molecular flexibility index (Phi) is 2.92. The van der Waals surface area contributed by atoms with E-state index in [0.717, 1.165) is 16.7 Å². The highest BCUT2D eigenvalue weighted by atomic mass is 16.5. The molecular weight excluding hydrogens is 204 g/mol. The summed E-state index contributed by atoms with van der Waals surface area (Å²) in [5.41, 5.74) is 2.71. The predicted octanol–water partition coefficient (Wildman–Crippen LogP) is 1.59. The number of rotatable bonds is 3. The number of para-hydroxylation sites is 1. The van der Waals surface area contributed by atoms with Gasteiger partial charge in [-0.25, -0.2) is 0 Å². The molecular formula is C12H14N2O2. The fraction of sp³-hybridized carbons (Fsp3) is 0.250. The lowest BCUT2D eigenvalue weighted by Crippen LogP contribution is -1.94. The molecule has 2 aromatic rings. The first-order valence-electron chi connectivity index (χ1n) is 5.02. The van der Waals surface area contributed by atoms with Gasteiger partial charge in [0.15, 0.2) is 0 Å². The van der Waals surface area contributed by atoms with Crippen molar-refractivity contribution in [3.05, 3.63) is 36.2 Å². The van der Waals surface area contributed by atoms with Crippen LogP contribution < -0.4 is 4.74 Å². The van der Waals surface area contributed by atoms with Gasteiger partial charge in [-0.3, -0.25) is 4.68 Å². The van der Waals surface area contributed by atoms with E-state index in [9.17, 15) is 5.11 Å². The quantitative estimate of drug-likeness (QED) is 0.851. The van der Waals surface area contributed by atoms with Crippen LogP contribution in [0, 0.1) is 0 Å². The highest BCUT2D eigenvalue weighted by Gasteiger charge is 2.11. The van der Waals surface area contributed by atoms with Crippen LogP contribution in [0.1, 0.15) is 5.56 Å². The average Bonchev–Trinajstić information content (AvgIpc) is 2.74. The largest absolute Gasteiger partial charge is 0.496 e. The summed E-state index contributed by atoms with van der Waals surface area (Å²) in [5.74, 6) is 0.706. The maximum Gasteiger partial charge on any atom is 0.132 e. The molecule has 16 heavy (non-hydrogen) atoms. The second-order valence-corrected chi connectivity index (χ2v) is 3.56. The number of hydrogen-bond acceptors (Lipinski definition) is 3. The first-order valence-corrected chi connectivity index (χ1v) is 5.02. The van der Waals surface area contributed by atoms with Crippen molar-refractivity contribution >= 4 is 0 Å². The summed E-state index contributed by atoms with van der Waals surface area (Å²) in [6, 6.07) is 5.70. The molecule has 0 amide bonds. The average molecular weight is 218 g/mol. The normalized spacial score (nSPS) is 10.4. The minimum atomic E-state index is -0.0305. The third-order valence-corrected chi connectivity index (χ3v) is 2.49. The van der Waals surface area contributed by atoms with E-state index in [1.807, 2.05) is 31.4 Å². The number of nitrogens with zero attached hydrogens (tertiary/aromatic N) is 2. The van der Waals surface area contributed by atoms with Gasteiger partial charge in [-0.2, -0.15) is 5.10 Å². The van der Waals surface area contributed by atoms with Gasteiger partial charge in [0, 0.05) is 29.9 Å². The molecule has 0 bridgehead atoms. The van der Waals surface area contributed by atoms with Crippen molar-refractivity contribution in [3.63, 3.8) is 0 Å². The van der Waals surface area contributed by atoms with Gasteiger partial charge in [-0.1, -0.05) is 18.2 Å². The van der Waals surface area contributed by atoms with Gasteiger partial charge >= 0.3 is 0 Å². The Hall–Kier alpha value is -1.81. The molecule has 0 radical (unpaired) electrons. The maximum atomic E-state index is 9.23. The van der Waals surface area contributed by atoms with Crippen molar-refractivity contribution in [1.29, 1.82) is 0 Å². The van der Waals surface area contributed by atoms with Crippen LogP contribution in [-0.4, -0.2) is 22.0 Å². The van der Waals surface area contributed by atoms with E-state index in [0.29, 0.717) is 5.75 Å². The molecule has 0 aliphatic heterocycles. The molecule has 0 aliphatic carbocycles. The molecule has 84 valence electrons. The molecule has 4 heteroatoms. The van der Waals surface area contributed by atoms with E-state index in [-0.39, 0.29) is 6.61 Å². The van der Waals surface area contributed by atoms with E-state index in [1.54, 1.807) is 18.0 Å². The van der Waals surface area contributed by atoms with E-state index in [4.69, 9.17) is 4.74 Å². The highest BCUT2D eigenvalue weighted by molar-refractivity contribution is 5.71. The van der Waals surface area contributed by atoms with E-state index in [2.05, 4.69) is 5.10 Å². The summed E-state index contributed by atoms with van der Waals surface area (Å²) < 4.78 is 7.07. The van der Waals surface area contributed by atoms with Gasteiger partial charge in [-0.05, 0) is 0 Å². The molecule has 1 heterocycles. The Morgan fingerprint density at radius 2 is 2.25 bits per heavy atom. The molecule has 0 aliphatic rings. The molecule has 0 unspecified atom stereocenters. The topological polar surface area (TPSA) is 47.3 Å². The minimum absolute atomic E-state index is 0.0305. The Morgan fingerprint density at radius 1 is 1.44 bits per heavy atom. The standard InChI is InChI=1S/C12H14N2O2/c1-14-7-10(6-13-14)11-5-3-4-9(8-15)12(11)16-2/h3-7,15H,8H2,1-2H3. The SMILES string of the molecule is COc1c(CO)cccc1-c1cnn(C)c1. The van der Waals surface area contributed by atoms with Crippen LogP contribution in [0.2, 0.25) is 0 Å². The molecule has 0 saturated carbocycles. The smallest absolute Gasteiger partial charge is 0.132 e. The lowest BCUT2D eigenvalue weighted by molar-refractivity contribution is 0.274. The van der Waals surface area contributed by atoms with Crippen molar-refractivity contribution in [2.45, 2.75) is 6.61 Å². The van der Waals surface area contributed by atoms with Gasteiger partial charge < -0.3 is 9.84 Å². The lowest BCUT2D eigenvalue weighted by Gasteiger charge is -2.10. The number of ether oxygens (including phenoxy) is 1. The fourth-order valence-corrected chi connectivity index (χ4v) is 1.74. The van der Waals surface area contributed by atoms with E-state index in [1.165, 1.54) is 0 Å². The monoisotopic (exact) mass is 218 g/mol. The summed E-state index contributed by atoms with van der Waals surface area (Å²) in [7, 11) is 3.47. The summed E-state index contributed by atoms with van der Waals surface area (Å²) in [4.78, 5) is 0. The van der Waals surface area contributed by atoms with Crippen LogP contribution in [0.4, 0.5) is 0 Å². The number of benzene rings is 1. The summed E-state index contributed by atoms with van der Waals surface area (Å²) in [5, 5.41) is 13.3. The summed E-state index contributed by atoms with van der Waals surface area (Å²) in [6.07, 6.45) is 3.69. The van der Waals surface area contributed by atoms with Crippen LogP contribution in [0.25, 0.3) is 11.1 Å². The fourth-order valence-electron chi connectivity index (χ4n) is 1.74.